The maximum Gasteiger partial charge on any atom is 0.263 e. The van der Waals surface area contributed by atoms with Crippen LogP contribution in [0.15, 0.2) is 4.52 Å². The number of nitrogens with one attached hydrogen (secondary N) is 1. The van der Waals surface area contributed by atoms with Gasteiger partial charge in [0, 0.05) is 32.0 Å². The Hall–Kier alpha value is -2.23. The molecule has 2 aromatic heterocycles. The van der Waals surface area contributed by atoms with E-state index in [1.54, 1.807) is 0 Å². The molecule has 158 valence electrons. The van der Waals surface area contributed by atoms with Crippen LogP contribution in [0.3, 0.4) is 0 Å². The summed E-state index contributed by atoms with van der Waals surface area (Å²) in [5.74, 6) is 1.37. The highest BCUT2D eigenvalue weighted by Crippen LogP contribution is 2.29. The predicted octanol–water partition coefficient (Wildman–Crippen LogP) is 1.54. The van der Waals surface area contributed by atoms with Gasteiger partial charge in [-0.2, -0.15) is 4.98 Å². The van der Waals surface area contributed by atoms with Crippen molar-refractivity contribution in [2.24, 2.45) is 0 Å². The van der Waals surface area contributed by atoms with Crippen molar-refractivity contribution in [3.63, 3.8) is 0 Å². The summed E-state index contributed by atoms with van der Waals surface area (Å²) in [6.45, 7) is 3.76. The highest BCUT2D eigenvalue weighted by atomic mass is 32.2. The zero-order valence-corrected chi connectivity index (χ0v) is 17.5. The quantitative estimate of drug-likeness (QED) is 0.772. The zero-order chi connectivity index (χ0) is 20.4. The number of aryl methyl sites for hydroxylation is 2. The Morgan fingerprint density at radius 1 is 1.21 bits per heavy atom. The molecule has 2 saturated heterocycles. The molecule has 29 heavy (non-hydrogen) atoms. The molecule has 1 N–H and O–H groups in total. The largest absolute Gasteiger partial charge is 0.356 e. The third kappa shape index (κ3) is 4.68. The van der Waals surface area contributed by atoms with Gasteiger partial charge in [0.05, 0.1) is 17.2 Å². The highest BCUT2D eigenvalue weighted by Gasteiger charge is 2.29. The van der Waals surface area contributed by atoms with E-state index in [9.17, 15) is 13.2 Å². The van der Waals surface area contributed by atoms with Crippen molar-refractivity contribution in [1.82, 2.24) is 20.4 Å². The summed E-state index contributed by atoms with van der Waals surface area (Å²) >= 11 is 0. The Morgan fingerprint density at radius 2 is 1.97 bits per heavy atom. The molecule has 1 amide bonds. The van der Waals surface area contributed by atoms with Crippen LogP contribution in [0.1, 0.15) is 50.0 Å². The lowest BCUT2D eigenvalue weighted by atomic mass is 10.2. The van der Waals surface area contributed by atoms with Crippen molar-refractivity contribution >= 4 is 32.7 Å². The minimum absolute atomic E-state index is 0.0254. The predicted molar refractivity (Wildman–Crippen MR) is 109 cm³/mol. The lowest BCUT2D eigenvalue weighted by Gasteiger charge is -2.22. The fourth-order valence-corrected chi connectivity index (χ4v) is 5.74. The molecule has 4 heterocycles. The third-order valence-electron chi connectivity index (χ3n) is 5.61. The molecule has 0 saturated carbocycles. The molecule has 0 aliphatic carbocycles. The summed E-state index contributed by atoms with van der Waals surface area (Å²) in [5.41, 5.74) is 1.22. The molecule has 10 heteroatoms. The van der Waals surface area contributed by atoms with E-state index in [1.165, 1.54) is 12.8 Å². The molecular weight excluding hydrogens is 394 g/mol. The number of sulfone groups is 1. The van der Waals surface area contributed by atoms with Gasteiger partial charge in [0.2, 0.25) is 5.91 Å². The van der Waals surface area contributed by atoms with E-state index in [1.807, 2.05) is 6.92 Å². The van der Waals surface area contributed by atoms with Crippen molar-refractivity contribution < 1.29 is 17.7 Å². The maximum absolute atomic E-state index is 12.3. The van der Waals surface area contributed by atoms with Gasteiger partial charge < -0.3 is 14.7 Å². The maximum atomic E-state index is 12.3. The fourth-order valence-electron chi connectivity index (χ4n) is 4.07. The van der Waals surface area contributed by atoms with Crippen LogP contribution in [0.2, 0.25) is 0 Å². The van der Waals surface area contributed by atoms with Crippen LogP contribution in [0.25, 0.3) is 11.1 Å². The minimum Gasteiger partial charge on any atom is -0.356 e. The average Bonchev–Trinajstić information content (AvgIpc) is 3.09. The van der Waals surface area contributed by atoms with E-state index in [4.69, 9.17) is 9.51 Å². The Kier molecular flexibility index (Phi) is 5.71. The summed E-state index contributed by atoms with van der Waals surface area (Å²) in [6, 6.07) is -0.291. The summed E-state index contributed by atoms with van der Waals surface area (Å²) < 4.78 is 28.5. The molecular formula is C19H27N5O4S. The number of nitrogens with zero attached hydrogens (tertiary/aromatic N) is 4. The molecule has 2 aromatic rings. The van der Waals surface area contributed by atoms with Gasteiger partial charge in [0.25, 0.3) is 5.71 Å². The monoisotopic (exact) mass is 421 g/mol. The second-order valence-electron chi connectivity index (χ2n) is 7.98. The second kappa shape index (κ2) is 8.25. The first kappa shape index (κ1) is 20.1. The molecule has 2 fully saturated rings. The molecule has 4 rings (SSSR count). The van der Waals surface area contributed by atoms with E-state index < -0.39 is 9.84 Å². The van der Waals surface area contributed by atoms with Gasteiger partial charge in [-0.1, -0.05) is 18.0 Å². The van der Waals surface area contributed by atoms with Crippen molar-refractivity contribution in [3.05, 3.63) is 11.5 Å². The number of anilines is 1. The summed E-state index contributed by atoms with van der Waals surface area (Å²) in [7, 11) is -3.02. The Morgan fingerprint density at radius 3 is 2.66 bits per heavy atom. The van der Waals surface area contributed by atoms with Crippen molar-refractivity contribution in [1.29, 1.82) is 0 Å². The number of amides is 1. The van der Waals surface area contributed by atoms with Crippen molar-refractivity contribution in [2.45, 2.75) is 57.9 Å². The highest BCUT2D eigenvalue weighted by molar-refractivity contribution is 7.91. The summed E-state index contributed by atoms with van der Waals surface area (Å²) in [6.07, 6.45) is 5.73. The SMILES string of the molecule is Cc1noc2nc(CCC(=O)NC3CCS(=O)(=O)C3)nc(N3CCCCCC3)c12. The number of aromatic nitrogens is 3. The standard InChI is InChI=1S/C19H27N5O4S/c1-13-17-18(24-9-4-2-3-5-10-24)21-15(22-19(17)28-23-13)6-7-16(25)20-14-8-11-29(26,27)12-14/h14H,2-12H2,1H3,(H,20,25). The Balaban J connectivity index is 1.48. The van der Waals surface area contributed by atoms with Gasteiger partial charge in [-0.25, -0.2) is 13.4 Å². The Bertz CT molecular complexity index is 995. The van der Waals surface area contributed by atoms with E-state index in [0.29, 0.717) is 24.4 Å². The van der Waals surface area contributed by atoms with Crippen molar-refractivity contribution in [3.8, 4) is 0 Å². The number of fused-ring (bicyclic) bond motifs is 1. The van der Waals surface area contributed by atoms with Crippen LogP contribution in [-0.2, 0) is 21.1 Å². The summed E-state index contributed by atoms with van der Waals surface area (Å²) in [4.78, 5) is 23.8. The minimum atomic E-state index is -3.02. The van der Waals surface area contributed by atoms with Gasteiger partial charge in [-0.15, -0.1) is 0 Å². The van der Waals surface area contributed by atoms with E-state index in [-0.39, 0.29) is 29.9 Å². The number of hydrogen-bond acceptors (Lipinski definition) is 8. The van der Waals surface area contributed by atoms with Crippen molar-refractivity contribution in [2.75, 3.05) is 29.5 Å². The smallest absolute Gasteiger partial charge is 0.263 e. The second-order valence-corrected chi connectivity index (χ2v) is 10.2. The molecule has 9 nitrogen and oxygen atoms in total. The fraction of sp³-hybridized carbons (Fsp3) is 0.684. The molecule has 0 aromatic carbocycles. The molecule has 1 unspecified atom stereocenters. The molecule has 2 aliphatic rings. The van der Waals surface area contributed by atoms with Gasteiger partial charge in [-0.3, -0.25) is 4.79 Å². The zero-order valence-electron chi connectivity index (χ0n) is 16.7. The molecule has 0 spiro atoms. The number of carbonyl (C=O) groups is 1. The molecule has 0 bridgehead atoms. The normalized spacial score (nSPS) is 22.0. The van der Waals surface area contributed by atoms with Gasteiger partial charge in [0.15, 0.2) is 9.84 Å². The molecule has 0 radical (unpaired) electrons. The van der Waals surface area contributed by atoms with Crippen LogP contribution < -0.4 is 10.2 Å². The Labute approximate surface area is 170 Å². The van der Waals surface area contributed by atoms with Crippen LogP contribution >= 0.6 is 0 Å². The summed E-state index contributed by atoms with van der Waals surface area (Å²) in [5, 5.41) is 7.71. The third-order valence-corrected chi connectivity index (χ3v) is 7.38. The molecule has 2 aliphatic heterocycles. The average molecular weight is 422 g/mol. The van der Waals surface area contributed by atoms with Gasteiger partial charge >= 0.3 is 0 Å². The van der Waals surface area contributed by atoms with E-state index in [2.05, 4.69) is 20.4 Å². The first-order chi connectivity index (χ1) is 13.9. The molecule has 1 atom stereocenters. The van der Waals surface area contributed by atoms with E-state index in [0.717, 1.165) is 42.8 Å². The van der Waals surface area contributed by atoms with Gasteiger partial charge in [0.1, 0.15) is 17.0 Å². The van der Waals surface area contributed by atoms with Crippen LogP contribution in [-0.4, -0.2) is 60.1 Å². The number of hydrogen-bond donors (Lipinski definition) is 1. The number of carbonyl (C=O) groups excluding carboxylic acids is 1. The first-order valence-corrected chi connectivity index (χ1v) is 12.1. The van der Waals surface area contributed by atoms with Crippen LogP contribution in [0.5, 0.6) is 0 Å². The topological polar surface area (TPSA) is 118 Å². The van der Waals surface area contributed by atoms with Crippen LogP contribution in [0.4, 0.5) is 5.82 Å². The lowest BCUT2D eigenvalue weighted by molar-refractivity contribution is -0.121. The first-order valence-electron chi connectivity index (χ1n) is 10.3. The number of rotatable bonds is 5. The van der Waals surface area contributed by atoms with Gasteiger partial charge in [-0.05, 0) is 26.2 Å². The van der Waals surface area contributed by atoms with Crippen LogP contribution in [0, 0.1) is 6.92 Å². The lowest BCUT2D eigenvalue weighted by Crippen LogP contribution is -2.35. The van der Waals surface area contributed by atoms with E-state index >= 15 is 0 Å².